The summed E-state index contributed by atoms with van der Waals surface area (Å²) >= 11 is 0. The molecule has 1 saturated carbocycles. The highest BCUT2D eigenvalue weighted by molar-refractivity contribution is 5.81. The van der Waals surface area contributed by atoms with Crippen molar-refractivity contribution < 1.29 is 19.1 Å². The smallest absolute Gasteiger partial charge is 0.306 e. The number of carbonyl (C=O) groups excluding carboxylic acids is 1. The van der Waals surface area contributed by atoms with Crippen LogP contribution in [0.1, 0.15) is 42.9 Å². The quantitative estimate of drug-likeness (QED) is 0.899. The Bertz CT molecular complexity index is 587. The van der Waals surface area contributed by atoms with Crippen LogP contribution in [0.4, 0.5) is 4.39 Å². The molecule has 2 aliphatic carbocycles. The number of carboxylic acids is 1. The van der Waals surface area contributed by atoms with E-state index in [9.17, 15) is 14.0 Å². The summed E-state index contributed by atoms with van der Waals surface area (Å²) in [6.45, 7) is 0. The summed E-state index contributed by atoms with van der Waals surface area (Å²) in [5, 5.41) is 11.9. The lowest BCUT2D eigenvalue weighted by Gasteiger charge is -2.17. The van der Waals surface area contributed by atoms with E-state index in [0.717, 1.165) is 5.56 Å². The molecule has 1 aromatic rings. The summed E-state index contributed by atoms with van der Waals surface area (Å²) in [5.74, 6) is -1.77. The second-order valence-electron chi connectivity index (χ2n) is 5.95. The van der Waals surface area contributed by atoms with Gasteiger partial charge in [0.1, 0.15) is 5.82 Å². The minimum atomic E-state index is -0.821. The molecule has 4 nitrogen and oxygen atoms in total. The lowest BCUT2D eigenvalue weighted by Crippen LogP contribution is -2.32. The normalized spacial score (nSPS) is 27.4. The first-order valence-corrected chi connectivity index (χ1v) is 7.36. The summed E-state index contributed by atoms with van der Waals surface area (Å²) in [6.07, 6.45) is 2.92. The molecule has 0 radical (unpaired) electrons. The van der Waals surface area contributed by atoms with E-state index >= 15 is 0 Å². The van der Waals surface area contributed by atoms with E-state index in [1.54, 1.807) is 6.07 Å². The average molecular weight is 291 g/mol. The number of carbonyl (C=O) groups is 2. The summed E-state index contributed by atoms with van der Waals surface area (Å²) in [6, 6.07) is 4.81. The van der Waals surface area contributed by atoms with Crippen molar-refractivity contribution in [1.29, 1.82) is 0 Å². The Kier molecular flexibility index (Phi) is 3.66. The first-order chi connectivity index (χ1) is 10.1. The van der Waals surface area contributed by atoms with Crippen LogP contribution in [0, 0.1) is 17.7 Å². The van der Waals surface area contributed by atoms with Crippen LogP contribution in [-0.4, -0.2) is 17.0 Å². The predicted molar refractivity (Wildman–Crippen MR) is 74.1 cm³/mol. The molecule has 112 valence electrons. The molecule has 1 fully saturated rings. The maximum atomic E-state index is 13.7. The number of fused-ring (bicyclic) bond motifs is 1. The number of nitrogens with one attached hydrogen (secondary N) is 1. The average Bonchev–Trinajstić information content (AvgIpc) is 3.07. The van der Waals surface area contributed by atoms with Crippen molar-refractivity contribution >= 4 is 11.9 Å². The highest BCUT2D eigenvalue weighted by Crippen LogP contribution is 2.35. The van der Waals surface area contributed by atoms with E-state index in [1.165, 1.54) is 6.07 Å². The van der Waals surface area contributed by atoms with Crippen molar-refractivity contribution in [3.63, 3.8) is 0 Å². The lowest BCUT2D eigenvalue weighted by molar-refractivity contribution is -0.141. The number of halogens is 1. The molecule has 21 heavy (non-hydrogen) atoms. The molecule has 0 heterocycles. The fourth-order valence-corrected chi connectivity index (χ4v) is 3.49. The maximum Gasteiger partial charge on any atom is 0.306 e. The summed E-state index contributed by atoms with van der Waals surface area (Å²) in [4.78, 5) is 23.2. The SMILES string of the molecule is O=C(O)[C@@H]1CC[C@H](C(=O)NC2CCc3c(F)cccc32)C1. The Morgan fingerprint density at radius 1 is 1.19 bits per heavy atom. The number of hydrogen-bond acceptors (Lipinski definition) is 2. The van der Waals surface area contributed by atoms with Crippen molar-refractivity contribution in [1.82, 2.24) is 5.32 Å². The summed E-state index contributed by atoms with van der Waals surface area (Å²) in [7, 11) is 0. The third-order valence-corrected chi connectivity index (χ3v) is 4.68. The molecule has 0 aromatic heterocycles. The Hall–Kier alpha value is -1.91. The van der Waals surface area contributed by atoms with Gasteiger partial charge < -0.3 is 10.4 Å². The standard InChI is InChI=1S/C16H18FNO3/c17-13-3-1-2-12-11(13)6-7-14(12)18-15(19)9-4-5-10(8-9)16(20)21/h1-3,9-10,14H,4-8H2,(H,18,19)(H,20,21)/t9-,10+,14?/m0/s1. The van der Waals surface area contributed by atoms with Crippen LogP contribution in [-0.2, 0) is 16.0 Å². The first-order valence-electron chi connectivity index (χ1n) is 7.36. The van der Waals surface area contributed by atoms with Gasteiger partial charge in [0.2, 0.25) is 5.91 Å². The van der Waals surface area contributed by atoms with Crippen molar-refractivity contribution in [2.24, 2.45) is 11.8 Å². The Balaban J connectivity index is 1.65. The van der Waals surface area contributed by atoms with Crippen LogP contribution in [0.15, 0.2) is 18.2 Å². The van der Waals surface area contributed by atoms with E-state index in [2.05, 4.69) is 5.32 Å². The molecular formula is C16H18FNO3. The third-order valence-electron chi connectivity index (χ3n) is 4.68. The van der Waals surface area contributed by atoms with Crippen LogP contribution in [0.5, 0.6) is 0 Å². The largest absolute Gasteiger partial charge is 0.481 e. The highest BCUT2D eigenvalue weighted by atomic mass is 19.1. The molecule has 3 rings (SSSR count). The zero-order valence-electron chi connectivity index (χ0n) is 11.6. The highest BCUT2D eigenvalue weighted by Gasteiger charge is 2.35. The molecule has 0 bridgehead atoms. The van der Waals surface area contributed by atoms with Gasteiger partial charge >= 0.3 is 5.97 Å². The maximum absolute atomic E-state index is 13.7. The Labute approximate surface area is 122 Å². The Morgan fingerprint density at radius 3 is 2.67 bits per heavy atom. The van der Waals surface area contributed by atoms with Gasteiger partial charge in [0.15, 0.2) is 0 Å². The summed E-state index contributed by atoms with van der Waals surface area (Å²) < 4.78 is 13.7. The number of carboxylic acid groups (broad SMARTS) is 1. The monoisotopic (exact) mass is 291 g/mol. The molecule has 0 aliphatic heterocycles. The van der Waals surface area contributed by atoms with Crippen LogP contribution in [0.2, 0.25) is 0 Å². The van der Waals surface area contributed by atoms with Gasteiger partial charge in [-0.15, -0.1) is 0 Å². The second kappa shape index (κ2) is 5.47. The van der Waals surface area contributed by atoms with Gasteiger partial charge in [0.05, 0.1) is 12.0 Å². The fourth-order valence-electron chi connectivity index (χ4n) is 3.49. The molecular weight excluding hydrogens is 273 g/mol. The van der Waals surface area contributed by atoms with Gasteiger partial charge in [-0.05, 0) is 49.3 Å². The van der Waals surface area contributed by atoms with Crippen molar-refractivity contribution in [3.8, 4) is 0 Å². The molecule has 2 aliphatic rings. The van der Waals surface area contributed by atoms with E-state index in [0.29, 0.717) is 37.7 Å². The number of benzene rings is 1. The molecule has 5 heteroatoms. The van der Waals surface area contributed by atoms with Crippen molar-refractivity contribution in [2.75, 3.05) is 0 Å². The van der Waals surface area contributed by atoms with E-state index in [4.69, 9.17) is 5.11 Å². The van der Waals surface area contributed by atoms with Crippen molar-refractivity contribution in [3.05, 3.63) is 35.1 Å². The molecule has 1 aromatic carbocycles. The fraction of sp³-hybridized carbons (Fsp3) is 0.500. The number of rotatable bonds is 3. The lowest BCUT2D eigenvalue weighted by atomic mass is 10.0. The van der Waals surface area contributed by atoms with Gasteiger partial charge in [-0.3, -0.25) is 9.59 Å². The molecule has 1 amide bonds. The number of aliphatic carboxylic acids is 1. The van der Waals surface area contributed by atoms with E-state index < -0.39 is 11.9 Å². The molecule has 2 N–H and O–H groups in total. The van der Waals surface area contributed by atoms with E-state index in [1.807, 2.05) is 6.07 Å². The van der Waals surface area contributed by atoms with E-state index in [-0.39, 0.29) is 23.7 Å². The van der Waals surface area contributed by atoms with Gasteiger partial charge in [-0.1, -0.05) is 12.1 Å². The molecule has 0 saturated heterocycles. The Morgan fingerprint density at radius 2 is 1.95 bits per heavy atom. The zero-order valence-corrected chi connectivity index (χ0v) is 11.6. The van der Waals surface area contributed by atoms with Gasteiger partial charge in [0.25, 0.3) is 0 Å². The number of hydrogen-bond donors (Lipinski definition) is 2. The summed E-state index contributed by atoms with van der Waals surface area (Å²) in [5.41, 5.74) is 1.55. The zero-order chi connectivity index (χ0) is 15.0. The third kappa shape index (κ3) is 2.64. The van der Waals surface area contributed by atoms with Gasteiger partial charge in [0, 0.05) is 5.92 Å². The molecule has 0 spiro atoms. The van der Waals surface area contributed by atoms with Crippen molar-refractivity contribution in [2.45, 2.75) is 38.1 Å². The minimum absolute atomic E-state index is 0.0964. The van der Waals surface area contributed by atoms with Crippen LogP contribution < -0.4 is 5.32 Å². The number of amides is 1. The topological polar surface area (TPSA) is 66.4 Å². The van der Waals surface area contributed by atoms with Gasteiger partial charge in [-0.25, -0.2) is 4.39 Å². The predicted octanol–water partition coefficient (Wildman–Crippen LogP) is 2.43. The first kappa shape index (κ1) is 14.0. The molecule has 3 atom stereocenters. The van der Waals surface area contributed by atoms with Gasteiger partial charge in [-0.2, -0.15) is 0 Å². The van der Waals surface area contributed by atoms with Crippen LogP contribution >= 0.6 is 0 Å². The molecule has 1 unspecified atom stereocenters. The van der Waals surface area contributed by atoms with Crippen LogP contribution in [0.25, 0.3) is 0 Å². The minimum Gasteiger partial charge on any atom is -0.481 e. The van der Waals surface area contributed by atoms with Crippen LogP contribution in [0.3, 0.4) is 0 Å². The second-order valence-corrected chi connectivity index (χ2v) is 5.95.